The number of carbonyl (C=O) groups is 1. The Morgan fingerprint density at radius 3 is 2.58 bits per heavy atom. The van der Waals surface area contributed by atoms with Crippen LogP contribution in [0.4, 0.5) is 15.5 Å². The molecular formula is C35H41FN4O4Si. The van der Waals surface area contributed by atoms with Gasteiger partial charge in [0.1, 0.15) is 5.75 Å². The molecule has 10 heteroatoms. The van der Waals surface area contributed by atoms with Crippen LogP contribution < -0.4 is 9.64 Å². The van der Waals surface area contributed by atoms with E-state index in [0.29, 0.717) is 24.4 Å². The van der Waals surface area contributed by atoms with Crippen LogP contribution in [-0.4, -0.2) is 59.8 Å². The lowest BCUT2D eigenvalue weighted by atomic mass is 9.95. The highest BCUT2D eigenvalue weighted by atomic mass is 28.4. The zero-order chi connectivity index (χ0) is 31.6. The molecule has 4 aromatic rings. The van der Waals surface area contributed by atoms with Gasteiger partial charge >= 0.3 is 0 Å². The number of rotatable bonds is 11. The van der Waals surface area contributed by atoms with Crippen molar-refractivity contribution < 1.29 is 23.5 Å². The average molecular weight is 629 g/mol. The summed E-state index contributed by atoms with van der Waals surface area (Å²) >= 11 is 0. The Labute approximate surface area is 265 Å². The molecular weight excluding hydrogens is 587 g/mol. The van der Waals surface area contributed by atoms with Gasteiger partial charge < -0.3 is 18.7 Å². The molecule has 6 rings (SSSR count). The second-order valence-corrected chi connectivity index (χ2v) is 16.5. The van der Waals surface area contributed by atoms with Crippen LogP contribution in [0.1, 0.15) is 42.5 Å². The van der Waals surface area contributed by atoms with Gasteiger partial charge in [0.2, 0.25) is 8.41 Å². The van der Waals surface area contributed by atoms with E-state index in [4.69, 9.17) is 9.47 Å². The molecule has 236 valence electrons. The third kappa shape index (κ3) is 6.73. The maximum absolute atomic E-state index is 15.8. The van der Waals surface area contributed by atoms with Crippen LogP contribution in [0.2, 0.25) is 18.6 Å². The molecule has 2 aliphatic heterocycles. The van der Waals surface area contributed by atoms with Crippen LogP contribution in [0.25, 0.3) is 0 Å². The molecule has 1 N–H and O–H groups in total. The third-order valence-corrected chi connectivity index (χ3v) is 11.7. The second-order valence-electron chi connectivity index (χ2n) is 12.7. The van der Waals surface area contributed by atoms with Gasteiger partial charge in [-0.05, 0) is 73.7 Å². The molecule has 1 fully saturated rings. The fourth-order valence-electron chi connectivity index (χ4n) is 7.09. The quantitative estimate of drug-likeness (QED) is 0.152. The summed E-state index contributed by atoms with van der Waals surface area (Å²) in [4.78, 5) is 14.6. The van der Waals surface area contributed by atoms with Crippen LogP contribution in [0, 0.1) is 5.92 Å². The average Bonchev–Trinajstić information content (AvgIpc) is 3.63. The standard InChI is InChI=1S/C35H41FN4O4Si/c1-24-31(17-16-25-10-9-13-27(20-25)40-30-14-7-8-15-32(30)43-23-34(40)42)44-33(35(24)45(2,3)36)18-19-39-21-29(37-38-39)28(22-41)26-11-5-4-6-12-26/h4-15,20-21,24,28,31,33,35,41H,16-19,22-23H2,1-3H3/t24-,28?,31+,33-,35+/m0/s1. The molecule has 8 nitrogen and oxygen atoms in total. The minimum Gasteiger partial charge on any atom is -0.482 e. The van der Waals surface area contributed by atoms with Gasteiger partial charge in [-0.3, -0.25) is 14.4 Å². The normalized spacial score (nSPS) is 22.2. The number of carbonyl (C=O) groups excluding carboxylic acids is 1. The van der Waals surface area contributed by atoms with Crippen molar-refractivity contribution in [2.45, 2.75) is 69.5 Å². The van der Waals surface area contributed by atoms with Crippen LogP contribution in [-0.2, 0) is 22.5 Å². The number of anilines is 2. The highest BCUT2D eigenvalue weighted by Crippen LogP contribution is 2.47. The number of nitrogens with zero attached hydrogens (tertiary/aromatic N) is 4. The van der Waals surface area contributed by atoms with Crippen molar-refractivity contribution in [1.82, 2.24) is 15.0 Å². The molecule has 3 aromatic carbocycles. The Kier molecular flexibility index (Phi) is 9.16. The summed E-state index contributed by atoms with van der Waals surface area (Å²) in [6, 6.07) is 25.4. The van der Waals surface area contributed by atoms with Gasteiger partial charge in [0.25, 0.3) is 5.91 Å². The van der Waals surface area contributed by atoms with E-state index in [0.717, 1.165) is 35.3 Å². The van der Waals surface area contributed by atoms with Crippen molar-refractivity contribution in [2.24, 2.45) is 5.92 Å². The molecule has 0 saturated carbocycles. The monoisotopic (exact) mass is 628 g/mol. The van der Waals surface area contributed by atoms with Gasteiger partial charge in [-0.1, -0.05) is 66.7 Å². The molecule has 2 aliphatic rings. The van der Waals surface area contributed by atoms with E-state index >= 15 is 4.11 Å². The first-order chi connectivity index (χ1) is 21.7. The number of hydrogen-bond donors (Lipinski definition) is 1. The number of fused-ring (bicyclic) bond motifs is 1. The van der Waals surface area contributed by atoms with Crippen molar-refractivity contribution in [3.63, 3.8) is 0 Å². The number of benzene rings is 3. The van der Waals surface area contributed by atoms with Crippen LogP contribution in [0.5, 0.6) is 5.75 Å². The maximum atomic E-state index is 15.8. The highest BCUT2D eigenvalue weighted by molar-refractivity contribution is 6.72. The molecule has 0 spiro atoms. The topological polar surface area (TPSA) is 89.7 Å². The van der Waals surface area contributed by atoms with E-state index in [9.17, 15) is 9.90 Å². The fourth-order valence-corrected chi connectivity index (χ4v) is 9.69. The Hall–Kier alpha value is -3.86. The van der Waals surface area contributed by atoms with Crippen LogP contribution in [0.15, 0.2) is 85.1 Å². The molecule has 1 aromatic heterocycles. The van der Waals surface area contributed by atoms with Crippen molar-refractivity contribution in [3.8, 4) is 5.75 Å². The summed E-state index contributed by atoms with van der Waals surface area (Å²) in [6.45, 7) is 6.20. The molecule has 5 atom stereocenters. The number of aliphatic hydroxyl groups excluding tert-OH is 1. The first-order valence-electron chi connectivity index (χ1n) is 15.8. The minimum absolute atomic E-state index is 0.00526. The number of aliphatic hydroxyl groups is 1. The Morgan fingerprint density at radius 2 is 1.80 bits per heavy atom. The lowest BCUT2D eigenvalue weighted by Gasteiger charge is -2.29. The molecule has 1 amide bonds. The van der Waals surface area contributed by atoms with Gasteiger partial charge in [-0.15, -0.1) is 5.10 Å². The lowest BCUT2D eigenvalue weighted by Crippen LogP contribution is -2.36. The van der Waals surface area contributed by atoms with E-state index in [-0.39, 0.29) is 48.7 Å². The molecule has 0 radical (unpaired) electrons. The summed E-state index contributed by atoms with van der Waals surface area (Å²) in [6.07, 6.45) is 3.75. The van der Waals surface area contributed by atoms with Crippen LogP contribution >= 0.6 is 0 Å². The number of ether oxygens (including phenoxy) is 2. The van der Waals surface area contributed by atoms with E-state index in [1.807, 2.05) is 72.9 Å². The fraction of sp³-hybridized carbons (Fsp3) is 0.400. The number of halogens is 1. The molecule has 1 unspecified atom stereocenters. The number of aromatic nitrogens is 3. The smallest absolute Gasteiger partial charge is 0.269 e. The summed E-state index contributed by atoms with van der Waals surface area (Å²) < 4.78 is 29.8. The Balaban J connectivity index is 1.12. The summed E-state index contributed by atoms with van der Waals surface area (Å²) in [5, 5.41) is 18.7. The third-order valence-electron chi connectivity index (χ3n) is 9.23. The largest absolute Gasteiger partial charge is 0.482 e. The van der Waals surface area contributed by atoms with E-state index in [2.05, 4.69) is 29.4 Å². The van der Waals surface area contributed by atoms with Crippen molar-refractivity contribution in [1.29, 1.82) is 0 Å². The van der Waals surface area contributed by atoms with Gasteiger partial charge in [0.05, 0.1) is 36.1 Å². The summed E-state index contributed by atoms with van der Waals surface area (Å²) in [5.74, 6) is 0.426. The first kappa shape index (κ1) is 31.1. The van der Waals surface area contributed by atoms with Gasteiger partial charge in [0, 0.05) is 24.0 Å². The SMILES string of the molecule is C[C@@H]1[C@@H]([Si](C)(C)F)[C@H](CCn2cc(C(CO)c3ccccc3)nn2)O[C@@H]1CCc1cccc(N2C(=O)COc3ccccc32)c1. The van der Waals surface area contributed by atoms with Gasteiger partial charge in [0.15, 0.2) is 6.61 Å². The van der Waals surface area contributed by atoms with Gasteiger partial charge in [-0.25, -0.2) is 0 Å². The predicted molar refractivity (Wildman–Crippen MR) is 174 cm³/mol. The molecule has 3 heterocycles. The predicted octanol–water partition coefficient (Wildman–Crippen LogP) is 6.43. The highest BCUT2D eigenvalue weighted by Gasteiger charge is 2.50. The van der Waals surface area contributed by atoms with E-state index in [1.54, 1.807) is 22.7 Å². The van der Waals surface area contributed by atoms with Crippen molar-refractivity contribution in [3.05, 3.63) is 102 Å². The number of aryl methyl sites for hydroxylation is 2. The summed E-state index contributed by atoms with van der Waals surface area (Å²) in [5.41, 5.74) is 4.22. The maximum Gasteiger partial charge on any atom is 0.269 e. The first-order valence-corrected chi connectivity index (χ1v) is 18.7. The Morgan fingerprint density at radius 1 is 1.02 bits per heavy atom. The number of hydrogen-bond acceptors (Lipinski definition) is 6. The van der Waals surface area contributed by atoms with E-state index < -0.39 is 8.41 Å². The van der Waals surface area contributed by atoms with Crippen molar-refractivity contribution in [2.75, 3.05) is 18.1 Å². The molecule has 0 bridgehead atoms. The van der Waals surface area contributed by atoms with E-state index in [1.165, 1.54) is 0 Å². The zero-order valence-corrected chi connectivity index (χ0v) is 27.1. The minimum atomic E-state index is -3.03. The van der Waals surface area contributed by atoms with Gasteiger partial charge in [-0.2, -0.15) is 0 Å². The molecule has 1 saturated heterocycles. The lowest BCUT2D eigenvalue weighted by molar-refractivity contribution is -0.120. The number of para-hydroxylation sites is 2. The molecule has 45 heavy (non-hydrogen) atoms. The van der Waals surface area contributed by atoms with Crippen LogP contribution in [0.3, 0.4) is 0 Å². The number of amides is 1. The molecule has 0 aliphatic carbocycles. The summed E-state index contributed by atoms with van der Waals surface area (Å²) in [7, 11) is -3.03. The van der Waals surface area contributed by atoms with Crippen molar-refractivity contribution >= 4 is 25.7 Å². The Bertz CT molecular complexity index is 1610. The second kappa shape index (κ2) is 13.2. The zero-order valence-electron chi connectivity index (χ0n) is 26.1.